The Kier molecular flexibility index (Phi) is 5.93. The van der Waals surface area contributed by atoms with Crippen molar-refractivity contribution in [2.24, 2.45) is 0 Å². The van der Waals surface area contributed by atoms with Crippen molar-refractivity contribution in [3.63, 3.8) is 0 Å². The molecular formula is C24H30N6O3. The van der Waals surface area contributed by atoms with Gasteiger partial charge in [0.25, 0.3) is 0 Å². The Morgan fingerprint density at radius 2 is 1.79 bits per heavy atom. The minimum Gasteiger partial charge on any atom is -0.366 e. The summed E-state index contributed by atoms with van der Waals surface area (Å²) in [4.78, 5) is 42.6. The van der Waals surface area contributed by atoms with Gasteiger partial charge in [0.1, 0.15) is 11.9 Å². The molecule has 33 heavy (non-hydrogen) atoms. The van der Waals surface area contributed by atoms with Crippen LogP contribution in [-0.4, -0.2) is 58.6 Å². The molecule has 0 radical (unpaired) electrons. The van der Waals surface area contributed by atoms with Crippen LogP contribution in [0.2, 0.25) is 0 Å². The molecule has 1 aromatic carbocycles. The molecule has 5 rings (SSSR count). The minimum atomic E-state index is -0.528. The molecule has 3 aliphatic heterocycles. The van der Waals surface area contributed by atoms with Gasteiger partial charge < -0.3 is 20.9 Å². The molecule has 9 heteroatoms. The Balaban J connectivity index is 1.17. The van der Waals surface area contributed by atoms with E-state index in [0.29, 0.717) is 45.4 Å². The Morgan fingerprint density at radius 3 is 2.58 bits per heavy atom. The van der Waals surface area contributed by atoms with Gasteiger partial charge in [0.15, 0.2) is 0 Å². The number of carbonyl (C=O) groups excluding carboxylic acids is 2. The van der Waals surface area contributed by atoms with Crippen molar-refractivity contribution in [2.75, 3.05) is 31.5 Å². The van der Waals surface area contributed by atoms with Gasteiger partial charge in [-0.05, 0) is 37.3 Å². The zero-order chi connectivity index (χ0) is 22.8. The molecule has 0 saturated carbocycles. The van der Waals surface area contributed by atoms with E-state index in [0.717, 1.165) is 17.9 Å². The van der Waals surface area contributed by atoms with Gasteiger partial charge in [-0.2, -0.15) is 0 Å². The van der Waals surface area contributed by atoms with E-state index >= 15 is 0 Å². The van der Waals surface area contributed by atoms with Gasteiger partial charge in [-0.3, -0.25) is 14.3 Å². The maximum absolute atomic E-state index is 12.9. The third-order valence-corrected chi connectivity index (χ3v) is 6.97. The molecule has 4 N–H and O–H groups in total. The number of nitrogens with zero attached hydrogens (tertiary/aromatic N) is 2. The molecule has 2 fully saturated rings. The second-order valence-corrected chi connectivity index (χ2v) is 8.99. The van der Waals surface area contributed by atoms with Gasteiger partial charge in [-0.25, -0.2) is 9.59 Å². The van der Waals surface area contributed by atoms with E-state index in [-0.39, 0.29) is 29.6 Å². The fraction of sp³-hybridized carbons (Fsp3) is 0.458. The van der Waals surface area contributed by atoms with E-state index in [1.54, 1.807) is 9.47 Å². The van der Waals surface area contributed by atoms with Crippen molar-refractivity contribution in [2.45, 2.75) is 43.7 Å². The number of rotatable bonds is 3. The van der Waals surface area contributed by atoms with Crippen molar-refractivity contribution >= 4 is 23.8 Å². The summed E-state index contributed by atoms with van der Waals surface area (Å²) in [5, 5.41) is 9.11. The first-order valence-electron chi connectivity index (χ1n) is 11.7. The summed E-state index contributed by atoms with van der Waals surface area (Å²) in [6, 6.07) is 9.47. The number of urea groups is 1. The van der Waals surface area contributed by atoms with Crippen LogP contribution in [0.15, 0.2) is 41.2 Å². The highest BCUT2D eigenvalue weighted by atomic mass is 16.2. The SMILES string of the molecule is O=C1NCC(c2ccccc2)CCC1NC(=O)N1CCC(n2c3c([nH]c2=O)NCC=C3)CC1. The largest absolute Gasteiger partial charge is 0.366 e. The number of piperidine rings is 1. The predicted molar refractivity (Wildman–Crippen MR) is 126 cm³/mol. The lowest BCUT2D eigenvalue weighted by molar-refractivity contribution is -0.122. The maximum Gasteiger partial charge on any atom is 0.327 e. The highest BCUT2D eigenvalue weighted by Crippen LogP contribution is 2.27. The molecular weight excluding hydrogens is 420 g/mol. The average molecular weight is 451 g/mol. The third kappa shape index (κ3) is 4.40. The lowest BCUT2D eigenvalue weighted by Crippen LogP contribution is -2.52. The van der Waals surface area contributed by atoms with Crippen LogP contribution in [-0.2, 0) is 4.79 Å². The van der Waals surface area contributed by atoms with Crippen molar-refractivity contribution < 1.29 is 9.59 Å². The zero-order valence-electron chi connectivity index (χ0n) is 18.5. The monoisotopic (exact) mass is 450 g/mol. The van der Waals surface area contributed by atoms with E-state index in [1.165, 1.54) is 5.56 Å². The average Bonchev–Trinajstić information content (AvgIpc) is 3.08. The Labute approximate surface area is 192 Å². The minimum absolute atomic E-state index is 0.0407. The molecule has 2 aromatic rings. The fourth-order valence-electron chi connectivity index (χ4n) is 5.12. The number of H-pyrrole nitrogens is 1. The molecule has 0 spiro atoms. The molecule has 4 heterocycles. The lowest BCUT2D eigenvalue weighted by atomic mass is 9.94. The number of hydrogen-bond acceptors (Lipinski definition) is 4. The van der Waals surface area contributed by atoms with Gasteiger partial charge in [0.2, 0.25) is 5.91 Å². The first kappa shape index (κ1) is 21.4. The molecule has 2 saturated heterocycles. The van der Waals surface area contributed by atoms with Crippen molar-refractivity contribution in [1.82, 2.24) is 25.1 Å². The number of benzene rings is 1. The Hall–Kier alpha value is -3.49. The van der Waals surface area contributed by atoms with Gasteiger partial charge >= 0.3 is 11.7 Å². The molecule has 9 nitrogen and oxygen atoms in total. The summed E-state index contributed by atoms with van der Waals surface area (Å²) in [7, 11) is 0. The van der Waals surface area contributed by atoms with Gasteiger partial charge in [0, 0.05) is 38.1 Å². The van der Waals surface area contributed by atoms with Crippen LogP contribution < -0.4 is 21.6 Å². The summed E-state index contributed by atoms with van der Waals surface area (Å²) in [5.74, 6) is 0.888. The first-order valence-corrected chi connectivity index (χ1v) is 11.7. The predicted octanol–water partition coefficient (Wildman–Crippen LogP) is 2.02. The number of carbonyl (C=O) groups is 2. The number of imidazole rings is 1. The number of anilines is 1. The van der Waals surface area contributed by atoms with Crippen molar-refractivity contribution in [1.29, 1.82) is 0 Å². The van der Waals surface area contributed by atoms with Crippen LogP contribution in [0.3, 0.4) is 0 Å². The van der Waals surface area contributed by atoms with E-state index < -0.39 is 6.04 Å². The summed E-state index contributed by atoms with van der Waals surface area (Å²) in [6.45, 7) is 2.37. The fourth-order valence-corrected chi connectivity index (χ4v) is 5.12. The molecule has 174 valence electrons. The van der Waals surface area contributed by atoms with Crippen LogP contribution in [0.25, 0.3) is 6.08 Å². The molecule has 0 aliphatic carbocycles. The number of likely N-dealkylation sites (tertiary alicyclic amines) is 1. The van der Waals surface area contributed by atoms with Crippen molar-refractivity contribution in [3.05, 3.63) is 58.1 Å². The van der Waals surface area contributed by atoms with Crippen LogP contribution >= 0.6 is 0 Å². The summed E-state index contributed by atoms with van der Waals surface area (Å²) in [6.07, 6.45) is 6.79. The van der Waals surface area contributed by atoms with Crippen LogP contribution in [0.4, 0.5) is 10.6 Å². The Bertz CT molecular complexity index is 1100. The molecule has 3 amide bonds. The summed E-state index contributed by atoms with van der Waals surface area (Å²) < 4.78 is 1.80. The summed E-state index contributed by atoms with van der Waals surface area (Å²) in [5.41, 5.74) is 1.96. The number of hydrogen-bond donors (Lipinski definition) is 4. The summed E-state index contributed by atoms with van der Waals surface area (Å²) >= 11 is 0. The second-order valence-electron chi connectivity index (χ2n) is 8.99. The third-order valence-electron chi connectivity index (χ3n) is 6.97. The topological polar surface area (TPSA) is 111 Å². The number of aromatic amines is 1. The van der Waals surface area contributed by atoms with Crippen LogP contribution in [0, 0.1) is 0 Å². The Morgan fingerprint density at radius 1 is 1.00 bits per heavy atom. The smallest absolute Gasteiger partial charge is 0.327 e. The number of fused-ring (bicyclic) bond motifs is 1. The zero-order valence-corrected chi connectivity index (χ0v) is 18.5. The highest BCUT2D eigenvalue weighted by molar-refractivity contribution is 5.87. The molecule has 0 bridgehead atoms. The lowest BCUT2D eigenvalue weighted by Gasteiger charge is -2.33. The standard InChI is InChI=1S/C24H30N6O3/c31-22-19(9-8-17(15-26-22)16-5-2-1-3-6-16)27-23(32)29-13-10-18(11-14-29)30-20-7-4-12-25-21(20)28-24(30)33/h1-7,17-19,25H,8-15H2,(H,26,31)(H,27,32)(H,28,33). The maximum atomic E-state index is 12.9. The second kappa shape index (κ2) is 9.17. The highest BCUT2D eigenvalue weighted by Gasteiger charge is 2.31. The first-order chi connectivity index (χ1) is 16.1. The normalized spacial score (nSPS) is 23.3. The van der Waals surface area contributed by atoms with E-state index in [4.69, 9.17) is 0 Å². The number of amides is 3. The number of nitrogens with one attached hydrogen (secondary N) is 4. The van der Waals surface area contributed by atoms with Crippen molar-refractivity contribution in [3.8, 4) is 0 Å². The van der Waals surface area contributed by atoms with Gasteiger partial charge in [0.05, 0.1) is 5.69 Å². The molecule has 3 aliphatic rings. The quantitative estimate of drug-likeness (QED) is 0.573. The van der Waals surface area contributed by atoms with E-state index in [9.17, 15) is 14.4 Å². The van der Waals surface area contributed by atoms with Gasteiger partial charge in [-0.15, -0.1) is 0 Å². The molecule has 2 unspecified atom stereocenters. The molecule has 2 atom stereocenters. The van der Waals surface area contributed by atoms with Gasteiger partial charge in [-0.1, -0.05) is 36.4 Å². The van der Waals surface area contributed by atoms with E-state index in [2.05, 4.69) is 33.1 Å². The van der Waals surface area contributed by atoms with E-state index in [1.807, 2.05) is 30.4 Å². The van der Waals surface area contributed by atoms with Crippen LogP contribution in [0.1, 0.15) is 48.9 Å². The number of aromatic nitrogens is 2. The molecule has 1 aromatic heterocycles. The van der Waals surface area contributed by atoms with Crippen LogP contribution in [0.5, 0.6) is 0 Å².